The first-order valence-corrected chi connectivity index (χ1v) is 11.0. The number of hydrogen-bond acceptors (Lipinski definition) is 4. The Kier molecular flexibility index (Phi) is 5.70. The molecule has 3 rings (SSSR count). The van der Waals surface area contributed by atoms with Gasteiger partial charge in [-0.15, -0.1) is 0 Å². The summed E-state index contributed by atoms with van der Waals surface area (Å²) in [7, 11) is -3.33. The lowest BCUT2D eigenvalue weighted by Gasteiger charge is -2.20. The van der Waals surface area contributed by atoms with Gasteiger partial charge in [-0.3, -0.25) is 9.10 Å². The maximum absolute atomic E-state index is 12.4. The summed E-state index contributed by atoms with van der Waals surface area (Å²) in [6, 6.07) is 14.4. The molecule has 0 bridgehead atoms. The van der Waals surface area contributed by atoms with Gasteiger partial charge in [-0.1, -0.05) is 0 Å². The topological polar surface area (TPSA) is 69.7 Å². The predicted octanol–water partition coefficient (Wildman–Crippen LogP) is 3.33. The molecule has 1 amide bonds. The van der Waals surface area contributed by atoms with Crippen LogP contribution in [0.1, 0.15) is 30.1 Å². The van der Waals surface area contributed by atoms with E-state index in [1.165, 1.54) is 29.1 Å². The van der Waals surface area contributed by atoms with E-state index in [4.69, 9.17) is 0 Å². The highest BCUT2D eigenvalue weighted by molar-refractivity contribution is 7.92. The molecule has 0 aliphatic carbocycles. The quantitative estimate of drug-likeness (QED) is 0.825. The van der Waals surface area contributed by atoms with Crippen molar-refractivity contribution in [2.24, 2.45) is 0 Å². The minimum atomic E-state index is -3.33. The summed E-state index contributed by atoms with van der Waals surface area (Å²) in [6.07, 6.45) is 3.62. The molecule has 0 unspecified atom stereocenters. The van der Waals surface area contributed by atoms with Crippen molar-refractivity contribution in [1.82, 2.24) is 0 Å². The summed E-state index contributed by atoms with van der Waals surface area (Å²) in [6.45, 7) is 4.28. The first-order valence-electron chi connectivity index (χ1n) is 9.12. The van der Waals surface area contributed by atoms with Gasteiger partial charge in [0, 0.05) is 36.6 Å². The zero-order valence-electron chi connectivity index (χ0n) is 15.7. The molecular formula is C20H25N3O3S. The Morgan fingerprint density at radius 1 is 1.04 bits per heavy atom. The van der Waals surface area contributed by atoms with Crippen LogP contribution in [0.25, 0.3) is 0 Å². The minimum absolute atomic E-state index is 0.224. The molecule has 144 valence electrons. The van der Waals surface area contributed by atoms with Gasteiger partial charge in [0.05, 0.1) is 11.9 Å². The Hall–Kier alpha value is -2.54. The van der Waals surface area contributed by atoms with Gasteiger partial charge in [0.15, 0.2) is 0 Å². The second kappa shape index (κ2) is 8.00. The maximum atomic E-state index is 12.4. The summed E-state index contributed by atoms with van der Waals surface area (Å²) < 4.78 is 24.9. The van der Waals surface area contributed by atoms with Gasteiger partial charge in [0.25, 0.3) is 5.91 Å². The van der Waals surface area contributed by atoms with Crippen LogP contribution < -0.4 is 14.5 Å². The van der Waals surface area contributed by atoms with Gasteiger partial charge in [-0.05, 0) is 68.3 Å². The normalized spacial score (nSPS) is 14.2. The molecule has 27 heavy (non-hydrogen) atoms. The zero-order chi connectivity index (χ0) is 19.4. The molecule has 0 saturated carbocycles. The highest BCUT2D eigenvalue weighted by Gasteiger charge is 2.16. The molecule has 0 atom stereocenters. The van der Waals surface area contributed by atoms with E-state index in [2.05, 4.69) is 10.2 Å². The molecule has 7 heteroatoms. The molecule has 1 fully saturated rings. The Morgan fingerprint density at radius 2 is 1.63 bits per heavy atom. The highest BCUT2D eigenvalue weighted by atomic mass is 32.2. The average molecular weight is 388 g/mol. The molecule has 2 aromatic rings. The predicted molar refractivity (Wildman–Crippen MR) is 110 cm³/mol. The van der Waals surface area contributed by atoms with Crippen molar-refractivity contribution in [3.05, 3.63) is 54.1 Å². The van der Waals surface area contributed by atoms with Crippen LogP contribution in [0.2, 0.25) is 0 Å². The summed E-state index contributed by atoms with van der Waals surface area (Å²) in [5.74, 6) is -0.224. The van der Waals surface area contributed by atoms with Gasteiger partial charge in [0.2, 0.25) is 10.0 Å². The largest absolute Gasteiger partial charge is 0.372 e. The third-order valence-electron chi connectivity index (χ3n) is 4.70. The van der Waals surface area contributed by atoms with Gasteiger partial charge >= 0.3 is 0 Å². The van der Waals surface area contributed by atoms with E-state index < -0.39 is 10.0 Å². The van der Waals surface area contributed by atoms with E-state index >= 15 is 0 Å². The summed E-state index contributed by atoms with van der Waals surface area (Å²) in [4.78, 5) is 14.8. The standard InChI is InChI=1S/C20H25N3O3S/c1-3-23(27(2,25)26)19-10-6-16(7-11-19)20(24)21-17-8-12-18(13-9-17)22-14-4-5-15-22/h6-13H,3-5,14-15H2,1-2H3,(H,21,24). The third-order valence-corrected chi connectivity index (χ3v) is 5.97. The van der Waals surface area contributed by atoms with Crippen LogP contribution in [-0.2, 0) is 10.0 Å². The number of benzene rings is 2. The molecule has 1 aliphatic heterocycles. The third kappa shape index (κ3) is 4.60. The summed E-state index contributed by atoms with van der Waals surface area (Å²) >= 11 is 0. The van der Waals surface area contributed by atoms with Crippen LogP contribution in [0, 0.1) is 0 Å². The smallest absolute Gasteiger partial charge is 0.255 e. The van der Waals surface area contributed by atoms with Crippen LogP contribution in [0.4, 0.5) is 17.1 Å². The summed E-state index contributed by atoms with van der Waals surface area (Å²) in [5.41, 5.74) is 2.94. The Bertz CT molecular complexity index is 887. The number of carbonyl (C=O) groups excluding carboxylic acids is 1. The Labute approximate surface area is 160 Å². The van der Waals surface area contributed by atoms with Crippen molar-refractivity contribution in [1.29, 1.82) is 0 Å². The Balaban J connectivity index is 1.67. The van der Waals surface area contributed by atoms with Crippen molar-refractivity contribution in [3.63, 3.8) is 0 Å². The molecular weight excluding hydrogens is 362 g/mol. The second-order valence-electron chi connectivity index (χ2n) is 6.67. The van der Waals surface area contributed by atoms with E-state index in [0.717, 1.165) is 18.8 Å². The second-order valence-corrected chi connectivity index (χ2v) is 8.58. The average Bonchev–Trinajstić information content (AvgIpc) is 3.17. The lowest BCUT2D eigenvalue weighted by atomic mass is 10.2. The number of rotatable bonds is 6. The fraction of sp³-hybridized carbons (Fsp3) is 0.350. The van der Waals surface area contributed by atoms with Crippen LogP contribution in [-0.4, -0.2) is 40.2 Å². The number of amides is 1. The van der Waals surface area contributed by atoms with Gasteiger partial charge in [0.1, 0.15) is 0 Å². The molecule has 0 aromatic heterocycles. The SMILES string of the molecule is CCN(c1ccc(C(=O)Nc2ccc(N3CCCC3)cc2)cc1)S(C)(=O)=O. The fourth-order valence-electron chi connectivity index (χ4n) is 3.32. The van der Waals surface area contributed by atoms with Crippen LogP contribution >= 0.6 is 0 Å². The van der Waals surface area contributed by atoms with Gasteiger partial charge in [-0.25, -0.2) is 8.42 Å². The van der Waals surface area contributed by atoms with E-state index in [-0.39, 0.29) is 5.91 Å². The fourth-order valence-corrected chi connectivity index (χ4v) is 4.30. The van der Waals surface area contributed by atoms with Crippen LogP contribution in [0.15, 0.2) is 48.5 Å². The van der Waals surface area contributed by atoms with Crippen molar-refractivity contribution in [2.45, 2.75) is 19.8 Å². The van der Waals surface area contributed by atoms with E-state index in [1.54, 1.807) is 31.2 Å². The highest BCUT2D eigenvalue weighted by Crippen LogP contribution is 2.23. The van der Waals surface area contributed by atoms with Crippen molar-refractivity contribution >= 4 is 33.0 Å². The van der Waals surface area contributed by atoms with Crippen molar-refractivity contribution < 1.29 is 13.2 Å². The van der Waals surface area contributed by atoms with Crippen molar-refractivity contribution in [2.75, 3.05) is 40.4 Å². The number of anilines is 3. The number of carbonyl (C=O) groups is 1. The van der Waals surface area contributed by atoms with Gasteiger partial charge < -0.3 is 10.2 Å². The number of nitrogens with one attached hydrogen (secondary N) is 1. The van der Waals surface area contributed by atoms with Crippen LogP contribution in [0.5, 0.6) is 0 Å². The molecule has 1 aliphatic rings. The van der Waals surface area contributed by atoms with Crippen LogP contribution in [0.3, 0.4) is 0 Å². The first-order chi connectivity index (χ1) is 12.9. The molecule has 6 nitrogen and oxygen atoms in total. The van der Waals surface area contributed by atoms with E-state index in [0.29, 0.717) is 17.8 Å². The first kappa shape index (κ1) is 19.2. The maximum Gasteiger partial charge on any atom is 0.255 e. The molecule has 1 saturated heterocycles. The molecule has 0 spiro atoms. The van der Waals surface area contributed by atoms with Crippen molar-refractivity contribution in [3.8, 4) is 0 Å². The number of sulfonamides is 1. The molecule has 0 radical (unpaired) electrons. The zero-order valence-corrected chi connectivity index (χ0v) is 16.5. The summed E-state index contributed by atoms with van der Waals surface area (Å²) in [5, 5.41) is 2.88. The van der Waals surface area contributed by atoms with E-state index in [9.17, 15) is 13.2 Å². The molecule has 2 aromatic carbocycles. The lowest BCUT2D eigenvalue weighted by molar-refractivity contribution is 0.102. The lowest BCUT2D eigenvalue weighted by Crippen LogP contribution is -2.29. The number of hydrogen-bond donors (Lipinski definition) is 1. The molecule has 1 N–H and O–H groups in total. The molecule has 1 heterocycles. The Morgan fingerprint density at radius 3 is 2.15 bits per heavy atom. The number of nitrogens with zero attached hydrogens (tertiary/aromatic N) is 2. The van der Waals surface area contributed by atoms with E-state index in [1.807, 2.05) is 24.3 Å². The minimum Gasteiger partial charge on any atom is -0.372 e. The van der Waals surface area contributed by atoms with Gasteiger partial charge in [-0.2, -0.15) is 0 Å². The monoisotopic (exact) mass is 387 g/mol.